The quantitative estimate of drug-likeness (QED) is 0.837. The summed E-state index contributed by atoms with van der Waals surface area (Å²) in [5, 5.41) is 20.2. The molecule has 2 atom stereocenters. The van der Waals surface area contributed by atoms with Crippen molar-refractivity contribution in [2.24, 2.45) is 0 Å². The van der Waals surface area contributed by atoms with Gasteiger partial charge < -0.3 is 19.7 Å². The van der Waals surface area contributed by atoms with Crippen molar-refractivity contribution in [3.8, 4) is 11.5 Å². The van der Waals surface area contributed by atoms with Crippen LogP contribution >= 0.6 is 0 Å². The van der Waals surface area contributed by atoms with Crippen molar-refractivity contribution in [3.05, 3.63) is 58.7 Å². The summed E-state index contributed by atoms with van der Waals surface area (Å²) >= 11 is 0. The molecular weight excluding hydrogens is 320 g/mol. The molecular formula is C20H20O5. The molecule has 2 heterocycles. The molecule has 0 bridgehead atoms. The second-order valence-electron chi connectivity index (χ2n) is 6.94. The molecule has 130 valence electrons. The van der Waals surface area contributed by atoms with E-state index in [0.29, 0.717) is 42.7 Å². The largest absolute Gasteiger partial charge is 0.507 e. The van der Waals surface area contributed by atoms with Gasteiger partial charge in [-0.2, -0.15) is 0 Å². The summed E-state index contributed by atoms with van der Waals surface area (Å²) in [7, 11) is 0. The van der Waals surface area contributed by atoms with Crippen molar-refractivity contribution >= 4 is 5.97 Å². The molecule has 2 aliphatic rings. The van der Waals surface area contributed by atoms with Gasteiger partial charge in [-0.15, -0.1) is 0 Å². The highest BCUT2D eigenvalue weighted by Gasteiger charge is 2.55. The Morgan fingerprint density at radius 2 is 2.04 bits per heavy atom. The predicted octanol–water partition coefficient (Wildman–Crippen LogP) is 2.97. The van der Waals surface area contributed by atoms with Crippen LogP contribution in [0.1, 0.15) is 34.0 Å². The van der Waals surface area contributed by atoms with E-state index in [-0.39, 0.29) is 23.0 Å². The summed E-state index contributed by atoms with van der Waals surface area (Å²) in [6.45, 7) is 2.38. The summed E-state index contributed by atoms with van der Waals surface area (Å²) in [5.74, 6) is -0.734. The number of carboxylic acids is 1. The van der Waals surface area contributed by atoms with Gasteiger partial charge >= 0.3 is 5.97 Å². The summed E-state index contributed by atoms with van der Waals surface area (Å²) in [6.07, 6.45) is 1.66. The van der Waals surface area contributed by atoms with Gasteiger partial charge in [-0.05, 0) is 37.0 Å². The Morgan fingerprint density at radius 1 is 1.28 bits per heavy atom. The van der Waals surface area contributed by atoms with Crippen LogP contribution in [0.4, 0.5) is 0 Å². The third-order valence-electron chi connectivity index (χ3n) is 5.13. The molecule has 2 aromatic rings. The average molecular weight is 340 g/mol. The van der Waals surface area contributed by atoms with Gasteiger partial charge in [0.15, 0.2) is 0 Å². The number of aromatic carboxylic acids is 1. The van der Waals surface area contributed by atoms with Gasteiger partial charge in [0.1, 0.15) is 29.3 Å². The highest BCUT2D eigenvalue weighted by Crippen LogP contribution is 2.47. The normalized spacial score (nSPS) is 23.8. The number of benzene rings is 2. The summed E-state index contributed by atoms with van der Waals surface area (Å²) in [5.41, 5.74) is 1.89. The molecule has 2 aromatic carbocycles. The van der Waals surface area contributed by atoms with Crippen molar-refractivity contribution in [1.82, 2.24) is 0 Å². The number of rotatable bonds is 4. The zero-order chi connectivity index (χ0) is 17.6. The molecule has 1 fully saturated rings. The van der Waals surface area contributed by atoms with E-state index in [4.69, 9.17) is 9.47 Å². The van der Waals surface area contributed by atoms with Crippen molar-refractivity contribution in [2.45, 2.75) is 37.9 Å². The lowest BCUT2D eigenvalue weighted by molar-refractivity contribution is 0.0692. The minimum atomic E-state index is -1.12. The van der Waals surface area contributed by atoms with Crippen LogP contribution in [-0.4, -0.2) is 34.5 Å². The first kappa shape index (κ1) is 16.0. The maximum Gasteiger partial charge on any atom is 0.339 e. The third kappa shape index (κ3) is 2.85. The van der Waals surface area contributed by atoms with Crippen LogP contribution in [0, 0.1) is 0 Å². The number of aromatic hydroxyl groups is 1. The SMILES string of the molecule is CC12COc3cc(CCc4ccccc4)c(C(=O)O)c(O)c3CC1O2. The van der Waals surface area contributed by atoms with Gasteiger partial charge in [0.05, 0.1) is 6.10 Å². The Labute approximate surface area is 145 Å². The summed E-state index contributed by atoms with van der Waals surface area (Å²) in [4.78, 5) is 11.7. The molecule has 0 spiro atoms. The molecule has 0 aliphatic carbocycles. The van der Waals surface area contributed by atoms with Crippen molar-refractivity contribution in [2.75, 3.05) is 6.61 Å². The van der Waals surface area contributed by atoms with E-state index in [1.54, 1.807) is 6.07 Å². The van der Waals surface area contributed by atoms with E-state index in [0.717, 1.165) is 5.56 Å². The molecule has 2 unspecified atom stereocenters. The zero-order valence-corrected chi connectivity index (χ0v) is 14.0. The third-order valence-corrected chi connectivity index (χ3v) is 5.13. The molecule has 5 heteroatoms. The Kier molecular flexibility index (Phi) is 3.69. The number of carboxylic acid groups (broad SMARTS) is 1. The Balaban J connectivity index is 1.69. The van der Waals surface area contributed by atoms with E-state index in [1.165, 1.54) is 0 Å². The lowest BCUT2D eigenvalue weighted by atomic mass is 9.93. The second kappa shape index (κ2) is 5.77. The van der Waals surface area contributed by atoms with Crippen LogP contribution in [0.3, 0.4) is 0 Å². The van der Waals surface area contributed by atoms with Crippen LogP contribution in [0.25, 0.3) is 0 Å². The molecule has 4 rings (SSSR count). The van der Waals surface area contributed by atoms with Gasteiger partial charge in [0.25, 0.3) is 0 Å². The first-order valence-electron chi connectivity index (χ1n) is 8.43. The smallest absolute Gasteiger partial charge is 0.339 e. The Bertz CT molecular complexity index is 830. The van der Waals surface area contributed by atoms with E-state index >= 15 is 0 Å². The van der Waals surface area contributed by atoms with Gasteiger partial charge in [0, 0.05) is 12.0 Å². The van der Waals surface area contributed by atoms with Crippen molar-refractivity contribution in [1.29, 1.82) is 0 Å². The van der Waals surface area contributed by atoms with E-state index in [9.17, 15) is 15.0 Å². The van der Waals surface area contributed by atoms with Gasteiger partial charge in [-0.1, -0.05) is 30.3 Å². The molecule has 1 saturated heterocycles. The number of fused-ring (bicyclic) bond motifs is 2. The standard InChI is InChI=1S/C20H20O5/c1-20-11-24-15-9-13(8-7-12-5-3-2-4-6-12)17(19(22)23)18(21)14(15)10-16(20)25-20/h2-6,9,16,21H,7-8,10-11H2,1H3,(H,22,23). The first-order chi connectivity index (χ1) is 12.0. The molecule has 0 saturated carbocycles. The molecule has 0 amide bonds. The maximum atomic E-state index is 11.7. The molecule has 25 heavy (non-hydrogen) atoms. The first-order valence-corrected chi connectivity index (χ1v) is 8.43. The van der Waals surface area contributed by atoms with Gasteiger partial charge in [0.2, 0.25) is 0 Å². The monoisotopic (exact) mass is 340 g/mol. The molecule has 5 nitrogen and oxygen atoms in total. The Hall–Kier alpha value is -2.53. The van der Waals surface area contributed by atoms with Crippen LogP contribution in [0.2, 0.25) is 0 Å². The van der Waals surface area contributed by atoms with Crippen LogP contribution in [-0.2, 0) is 24.0 Å². The van der Waals surface area contributed by atoms with Crippen molar-refractivity contribution in [3.63, 3.8) is 0 Å². The number of hydrogen-bond donors (Lipinski definition) is 2. The lowest BCUT2D eigenvalue weighted by Gasteiger charge is -2.16. The summed E-state index contributed by atoms with van der Waals surface area (Å²) < 4.78 is 11.4. The number of hydrogen-bond acceptors (Lipinski definition) is 4. The minimum absolute atomic E-state index is 0.0254. The predicted molar refractivity (Wildman–Crippen MR) is 91.4 cm³/mol. The van der Waals surface area contributed by atoms with Crippen LogP contribution in [0.15, 0.2) is 36.4 Å². The van der Waals surface area contributed by atoms with Gasteiger partial charge in [-0.25, -0.2) is 4.79 Å². The zero-order valence-electron chi connectivity index (χ0n) is 14.0. The lowest BCUT2D eigenvalue weighted by Crippen LogP contribution is -2.18. The molecule has 2 N–H and O–H groups in total. The van der Waals surface area contributed by atoms with Crippen LogP contribution in [0.5, 0.6) is 11.5 Å². The fourth-order valence-corrected chi connectivity index (χ4v) is 3.50. The Morgan fingerprint density at radius 3 is 2.76 bits per heavy atom. The fraction of sp³-hybridized carbons (Fsp3) is 0.350. The van der Waals surface area contributed by atoms with Crippen LogP contribution < -0.4 is 4.74 Å². The van der Waals surface area contributed by atoms with E-state index < -0.39 is 5.97 Å². The number of carbonyl (C=O) groups is 1. The fourth-order valence-electron chi connectivity index (χ4n) is 3.50. The maximum absolute atomic E-state index is 11.7. The molecule has 0 radical (unpaired) electrons. The second-order valence-corrected chi connectivity index (χ2v) is 6.94. The number of epoxide rings is 1. The number of phenols is 1. The topological polar surface area (TPSA) is 79.3 Å². The van der Waals surface area contributed by atoms with Gasteiger partial charge in [-0.3, -0.25) is 0 Å². The number of ether oxygens (including phenoxy) is 2. The van der Waals surface area contributed by atoms with Crippen molar-refractivity contribution < 1.29 is 24.5 Å². The van der Waals surface area contributed by atoms with E-state index in [1.807, 2.05) is 37.3 Å². The number of aryl methyl sites for hydroxylation is 2. The van der Waals surface area contributed by atoms with E-state index in [2.05, 4.69) is 0 Å². The summed E-state index contributed by atoms with van der Waals surface area (Å²) in [6, 6.07) is 11.6. The highest BCUT2D eigenvalue weighted by atomic mass is 16.6. The average Bonchev–Trinajstić information content (AvgIpc) is 3.25. The minimum Gasteiger partial charge on any atom is -0.507 e. The molecule has 2 aliphatic heterocycles. The highest BCUT2D eigenvalue weighted by molar-refractivity contribution is 5.93. The molecule has 0 aromatic heterocycles.